The van der Waals surface area contributed by atoms with Crippen LogP contribution in [-0.4, -0.2) is 28.1 Å². The zero-order chi connectivity index (χ0) is 13.2. The van der Waals surface area contributed by atoms with Crippen molar-refractivity contribution in [3.63, 3.8) is 0 Å². The van der Waals surface area contributed by atoms with Crippen LogP contribution in [0.3, 0.4) is 0 Å². The van der Waals surface area contributed by atoms with Crippen LogP contribution in [0.4, 0.5) is 5.13 Å². The molecule has 2 aromatic heterocycles. The molecule has 0 unspecified atom stereocenters. The lowest BCUT2D eigenvalue weighted by atomic mass is 9.84. The molecule has 0 spiro atoms. The van der Waals surface area contributed by atoms with Crippen molar-refractivity contribution in [1.29, 1.82) is 0 Å². The largest absolute Gasteiger partial charge is 0.290 e. The molecule has 3 rings (SSSR count). The van der Waals surface area contributed by atoms with Crippen molar-refractivity contribution in [3.8, 4) is 10.6 Å². The smallest absolute Gasteiger partial charge is 0.231 e. The Morgan fingerprint density at radius 2 is 2.05 bits per heavy atom. The van der Waals surface area contributed by atoms with E-state index >= 15 is 0 Å². The van der Waals surface area contributed by atoms with Gasteiger partial charge in [0.15, 0.2) is 0 Å². The molecule has 0 radical (unpaired) electrons. The molecular formula is C13H14N4OS. The molecule has 1 amide bonds. The molecule has 0 saturated heterocycles. The van der Waals surface area contributed by atoms with E-state index in [1.54, 1.807) is 24.3 Å². The zero-order valence-corrected chi connectivity index (χ0v) is 11.4. The first-order chi connectivity index (χ1) is 9.25. The second kappa shape index (κ2) is 5.05. The zero-order valence-electron chi connectivity index (χ0n) is 10.6. The molecule has 0 bridgehead atoms. The maximum atomic E-state index is 12.1. The summed E-state index contributed by atoms with van der Waals surface area (Å²) in [5.74, 6) is 0.335. The monoisotopic (exact) mass is 274 g/mol. The van der Waals surface area contributed by atoms with Crippen molar-refractivity contribution >= 4 is 22.4 Å². The highest BCUT2D eigenvalue weighted by atomic mass is 32.1. The van der Waals surface area contributed by atoms with Gasteiger partial charge in [0.1, 0.15) is 5.01 Å². The fourth-order valence-electron chi connectivity index (χ4n) is 1.99. The molecule has 2 heterocycles. The summed E-state index contributed by atoms with van der Waals surface area (Å²) in [6, 6.07) is 3.77. The van der Waals surface area contributed by atoms with Crippen molar-refractivity contribution in [2.75, 3.05) is 11.9 Å². The van der Waals surface area contributed by atoms with E-state index in [4.69, 9.17) is 0 Å². The van der Waals surface area contributed by atoms with Crippen molar-refractivity contribution < 1.29 is 4.79 Å². The molecular weight excluding hydrogens is 260 g/mol. The average Bonchev–Trinajstić information content (AvgIpc) is 2.86. The summed E-state index contributed by atoms with van der Waals surface area (Å²) in [6.07, 6.45) is 6.60. The van der Waals surface area contributed by atoms with Gasteiger partial charge in [0.25, 0.3) is 0 Å². The minimum atomic E-state index is 0.156. The molecule has 0 aliphatic heterocycles. The first-order valence-electron chi connectivity index (χ1n) is 6.27. The molecule has 2 aromatic rings. The van der Waals surface area contributed by atoms with Gasteiger partial charge in [-0.3, -0.25) is 14.7 Å². The van der Waals surface area contributed by atoms with Crippen LogP contribution >= 0.6 is 11.3 Å². The second-order valence-electron chi connectivity index (χ2n) is 4.65. The molecule has 98 valence electrons. The number of rotatable bonds is 3. The third-order valence-corrected chi connectivity index (χ3v) is 4.46. The Labute approximate surface area is 115 Å². The minimum Gasteiger partial charge on any atom is -0.290 e. The number of anilines is 1. The molecule has 0 aromatic carbocycles. The van der Waals surface area contributed by atoms with E-state index in [1.807, 2.05) is 12.1 Å². The minimum absolute atomic E-state index is 0.156. The summed E-state index contributed by atoms with van der Waals surface area (Å²) < 4.78 is 0. The van der Waals surface area contributed by atoms with Crippen molar-refractivity contribution in [2.45, 2.75) is 19.3 Å². The number of carbonyl (C=O) groups excluding carboxylic acids is 1. The summed E-state index contributed by atoms with van der Waals surface area (Å²) >= 11 is 1.43. The standard InChI is InChI=1S/C13H14N4OS/c1-17(12(18)10-3-2-4-10)13-16-15-11(19-13)9-5-7-14-8-6-9/h5-8,10H,2-4H2,1H3. The Kier molecular flexibility index (Phi) is 3.25. The predicted molar refractivity (Wildman–Crippen MR) is 73.9 cm³/mol. The number of nitrogens with zero attached hydrogens (tertiary/aromatic N) is 4. The van der Waals surface area contributed by atoms with Gasteiger partial charge >= 0.3 is 0 Å². The quantitative estimate of drug-likeness (QED) is 0.862. The molecule has 5 nitrogen and oxygen atoms in total. The van der Waals surface area contributed by atoms with E-state index in [1.165, 1.54) is 11.3 Å². The summed E-state index contributed by atoms with van der Waals surface area (Å²) in [7, 11) is 1.78. The average molecular weight is 274 g/mol. The third-order valence-electron chi connectivity index (χ3n) is 3.41. The topological polar surface area (TPSA) is 59.0 Å². The Morgan fingerprint density at radius 1 is 1.32 bits per heavy atom. The van der Waals surface area contributed by atoms with Gasteiger partial charge < -0.3 is 0 Å². The number of carbonyl (C=O) groups is 1. The fraction of sp³-hybridized carbons (Fsp3) is 0.385. The van der Waals surface area contributed by atoms with Crippen molar-refractivity contribution in [2.24, 2.45) is 5.92 Å². The van der Waals surface area contributed by atoms with Crippen LogP contribution in [0.5, 0.6) is 0 Å². The molecule has 0 N–H and O–H groups in total. The molecule has 1 aliphatic carbocycles. The van der Waals surface area contributed by atoms with Crippen molar-refractivity contribution in [3.05, 3.63) is 24.5 Å². The van der Waals surface area contributed by atoms with Crippen LogP contribution in [0, 0.1) is 5.92 Å². The lowest BCUT2D eigenvalue weighted by Gasteiger charge is -2.27. The van der Waals surface area contributed by atoms with E-state index in [0.717, 1.165) is 29.8 Å². The Bertz CT molecular complexity index is 579. The van der Waals surface area contributed by atoms with Gasteiger partial charge in [-0.1, -0.05) is 17.8 Å². The van der Waals surface area contributed by atoms with Crippen LogP contribution in [-0.2, 0) is 4.79 Å². The SMILES string of the molecule is CN(C(=O)C1CCC1)c1nnc(-c2ccncc2)s1. The van der Waals surface area contributed by atoms with E-state index in [-0.39, 0.29) is 11.8 Å². The van der Waals surface area contributed by atoms with Gasteiger partial charge in [0, 0.05) is 30.9 Å². The molecule has 0 atom stereocenters. The fourth-order valence-corrected chi connectivity index (χ4v) is 2.80. The van der Waals surface area contributed by atoms with Gasteiger partial charge in [-0.05, 0) is 25.0 Å². The van der Waals surface area contributed by atoms with Crippen LogP contribution in [0.1, 0.15) is 19.3 Å². The highest BCUT2D eigenvalue weighted by Crippen LogP contribution is 2.32. The van der Waals surface area contributed by atoms with Gasteiger partial charge in [-0.25, -0.2) is 0 Å². The first kappa shape index (κ1) is 12.2. The summed E-state index contributed by atoms with van der Waals surface area (Å²) in [4.78, 5) is 17.7. The Morgan fingerprint density at radius 3 is 2.68 bits per heavy atom. The number of pyridine rings is 1. The van der Waals surface area contributed by atoms with Gasteiger partial charge in [-0.15, -0.1) is 10.2 Å². The van der Waals surface area contributed by atoms with E-state index in [2.05, 4.69) is 15.2 Å². The lowest BCUT2D eigenvalue weighted by molar-refractivity contribution is -0.124. The normalized spacial score (nSPS) is 15.0. The molecule has 19 heavy (non-hydrogen) atoms. The van der Waals surface area contributed by atoms with Crippen LogP contribution in [0.25, 0.3) is 10.6 Å². The van der Waals surface area contributed by atoms with Crippen molar-refractivity contribution in [1.82, 2.24) is 15.2 Å². The number of amides is 1. The van der Waals surface area contributed by atoms with Crippen LogP contribution in [0.2, 0.25) is 0 Å². The third kappa shape index (κ3) is 2.35. The number of aromatic nitrogens is 3. The molecule has 1 fully saturated rings. The summed E-state index contributed by atoms with van der Waals surface area (Å²) in [5.41, 5.74) is 0.975. The molecule has 1 aliphatic rings. The lowest BCUT2D eigenvalue weighted by Crippen LogP contribution is -2.36. The molecule has 1 saturated carbocycles. The Hall–Kier alpha value is -1.82. The first-order valence-corrected chi connectivity index (χ1v) is 7.09. The number of hydrogen-bond acceptors (Lipinski definition) is 5. The maximum Gasteiger partial charge on any atom is 0.231 e. The molecule has 6 heteroatoms. The Balaban J connectivity index is 1.79. The van der Waals surface area contributed by atoms with Crippen LogP contribution < -0.4 is 4.90 Å². The highest BCUT2D eigenvalue weighted by Gasteiger charge is 2.29. The van der Waals surface area contributed by atoms with Gasteiger partial charge in [0.2, 0.25) is 11.0 Å². The maximum absolute atomic E-state index is 12.1. The summed E-state index contributed by atoms with van der Waals surface area (Å²) in [5, 5.41) is 9.71. The van der Waals surface area contributed by atoms with Gasteiger partial charge in [0.05, 0.1) is 0 Å². The van der Waals surface area contributed by atoms with E-state index in [9.17, 15) is 4.79 Å². The predicted octanol–water partition coefficient (Wildman–Crippen LogP) is 2.36. The number of hydrogen-bond donors (Lipinski definition) is 0. The van der Waals surface area contributed by atoms with Crippen LogP contribution in [0.15, 0.2) is 24.5 Å². The highest BCUT2D eigenvalue weighted by molar-refractivity contribution is 7.18. The van der Waals surface area contributed by atoms with Gasteiger partial charge in [-0.2, -0.15) is 0 Å². The second-order valence-corrected chi connectivity index (χ2v) is 5.61. The van der Waals surface area contributed by atoms with E-state index in [0.29, 0.717) is 5.13 Å². The summed E-state index contributed by atoms with van der Waals surface area (Å²) in [6.45, 7) is 0. The van der Waals surface area contributed by atoms with E-state index < -0.39 is 0 Å².